The lowest BCUT2D eigenvalue weighted by Gasteiger charge is -2.08. The number of aryl methyl sites for hydroxylation is 1. The molecule has 1 aromatic heterocycles. The average molecular weight is 442 g/mol. The van der Waals surface area contributed by atoms with Crippen LogP contribution in [0.5, 0.6) is 5.75 Å². The molecule has 162 valence electrons. The van der Waals surface area contributed by atoms with Crippen LogP contribution < -0.4 is 10.1 Å². The first kappa shape index (κ1) is 22.4. The van der Waals surface area contributed by atoms with Crippen LogP contribution in [0.1, 0.15) is 34.3 Å². The van der Waals surface area contributed by atoms with Gasteiger partial charge < -0.3 is 19.2 Å². The van der Waals surface area contributed by atoms with Crippen molar-refractivity contribution < 1.29 is 23.5 Å². The number of amides is 1. The summed E-state index contributed by atoms with van der Waals surface area (Å²) in [6, 6.07) is 12.4. The number of aromatic nitrogens is 2. The Kier molecular flexibility index (Phi) is 7.66. The number of esters is 1. The number of carbonyl (C=O) groups excluding carboxylic acids is 2. The van der Waals surface area contributed by atoms with Gasteiger partial charge in [0.15, 0.2) is 6.61 Å². The lowest BCUT2D eigenvalue weighted by molar-refractivity contribution is -0.113. The second-order valence-electron chi connectivity index (χ2n) is 6.59. The zero-order valence-electron chi connectivity index (χ0n) is 17.5. The third-order valence-electron chi connectivity index (χ3n) is 4.34. The zero-order valence-corrected chi connectivity index (χ0v) is 18.3. The van der Waals surface area contributed by atoms with E-state index in [1.54, 1.807) is 31.2 Å². The van der Waals surface area contributed by atoms with Crippen LogP contribution in [0.4, 0.5) is 5.69 Å². The van der Waals surface area contributed by atoms with E-state index in [0.717, 1.165) is 28.6 Å². The Labute approximate surface area is 184 Å². The molecule has 1 amide bonds. The second-order valence-corrected chi connectivity index (χ2v) is 7.51. The summed E-state index contributed by atoms with van der Waals surface area (Å²) in [5.74, 6) is 0.456. The maximum atomic E-state index is 12.2. The molecule has 3 rings (SSSR count). The molecule has 0 atom stereocenters. The van der Waals surface area contributed by atoms with E-state index in [9.17, 15) is 9.59 Å². The van der Waals surface area contributed by atoms with Gasteiger partial charge in [-0.2, -0.15) is 0 Å². The highest BCUT2D eigenvalue weighted by molar-refractivity contribution is 7.99. The monoisotopic (exact) mass is 441 g/mol. The topological polar surface area (TPSA) is 104 Å². The van der Waals surface area contributed by atoms with Crippen molar-refractivity contribution in [1.82, 2.24) is 10.2 Å². The van der Waals surface area contributed by atoms with Crippen molar-refractivity contribution in [1.29, 1.82) is 0 Å². The molecular weight excluding hydrogens is 418 g/mol. The molecule has 0 saturated carbocycles. The van der Waals surface area contributed by atoms with Crippen molar-refractivity contribution >= 4 is 29.3 Å². The predicted octanol–water partition coefficient (Wildman–Crippen LogP) is 4.17. The van der Waals surface area contributed by atoms with Crippen LogP contribution >= 0.6 is 11.8 Å². The second kappa shape index (κ2) is 10.6. The smallest absolute Gasteiger partial charge is 0.338 e. The molecular formula is C22H23N3O5S. The van der Waals surface area contributed by atoms with Gasteiger partial charge in [0.25, 0.3) is 11.1 Å². The predicted molar refractivity (Wildman–Crippen MR) is 116 cm³/mol. The third-order valence-corrected chi connectivity index (χ3v) is 5.16. The highest BCUT2D eigenvalue weighted by Crippen LogP contribution is 2.22. The summed E-state index contributed by atoms with van der Waals surface area (Å²) < 4.78 is 16.2. The molecule has 8 nitrogen and oxygen atoms in total. The van der Waals surface area contributed by atoms with Crippen LogP contribution in [0.25, 0.3) is 0 Å². The fraction of sp³-hybridized carbons (Fsp3) is 0.273. The normalized spacial score (nSPS) is 10.5. The van der Waals surface area contributed by atoms with Gasteiger partial charge in [-0.3, -0.25) is 4.79 Å². The van der Waals surface area contributed by atoms with E-state index in [-0.39, 0.29) is 30.1 Å². The molecule has 1 heterocycles. The average Bonchev–Trinajstić information content (AvgIpc) is 3.21. The SMILES string of the molecule is CCOC(=O)c1cccc(NC(=O)CSc2nnc(COc3cccc(C)c3C)o2)c1. The van der Waals surface area contributed by atoms with Gasteiger partial charge in [-0.1, -0.05) is 30.0 Å². The Morgan fingerprint density at radius 2 is 1.94 bits per heavy atom. The van der Waals surface area contributed by atoms with Gasteiger partial charge in [0.05, 0.1) is 17.9 Å². The Hall–Kier alpha value is -3.33. The van der Waals surface area contributed by atoms with Crippen LogP contribution in [-0.4, -0.2) is 34.4 Å². The molecule has 3 aromatic rings. The summed E-state index contributed by atoms with van der Waals surface area (Å²) in [6.07, 6.45) is 0. The van der Waals surface area contributed by atoms with E-state index >= 15 is 0 Å². The first-order valence-electron chi connectivity index (χ1n) is 9.67. The van der Waals surface area contributed by atoms with Crippen molar-refractivity contribution in [2.45, 2.75) is 32.6 Å². The number of hydrogen-bond acceptors (Lipinski definition) is 8. The molecule has 1 N–H and O–H groups in total. The van der Waals surface area contributed by atoms with Crippen LogP contribution in [0.2, 0.25) is 0 Å². The Morgan fingerprint density at radius 3 is 2.74 bits per heavy atom. The molecule has 0 bridgehead atoms. The molecule has 0 saturated heterocycles. The molecule has 0 radical (unpaired) electrons. The maximum Gasteiger partial charge on any atom is 0.338 e. The van der Waals surface area contributed by atoms with E-state index < -0.39 is 5.97 Å². The lowest BCUT2D eigenvalue weighted by Crippen LogP contribution is -2.14. The minimum absolute atomic E-state index is 0.0725. The minimum Gasteiger partial charge on any atom is -0.484 e. The van der Waals surface area contributed by atoms with Gasteiger partial charge in [-0.25, -0.2) is 4.79 Å². The minimum atomic E-state index is -0.436. The standard InChI is InChI=1S/C22H23N3O5S/c1-4-28-21(27)16-8-6-9-17(11-16)23-19(26)13-31-22-25-24-20(30-22)12-29-18-10-5-7-14(2)15(18)3/h5-11H,4,12-13H2,1-3H3,(H,23,26). The molecule has 9 heteroatoms. The number of rotatable bonds is 9. The third kappa shape index (κ3) is 6.32. The Bertz CT molecular complexity index is 1070. The summed E-state index contributed by atoms with van der Waals surface area (Å²) in [7, 11) is 0. The lowest BCUT2D eigenvalue weighted by atomic mass is 10.1. The molecule has 0 aliphatic rings. The first-order chi connectivity index (χ1) is 15.0. The number of hydrogen-bond donors (Lipinski definition) is 1. The molecule has 0 fully saturated rings. The summed E-state index contributed by atoms with van der Waals surface area (Å²) in [5, 5.41) is 10.9. The number of nitrogens with zero attached hydrogens (tertiary/aromatic N) is 2. The summed E-state index contributed by atoms with van der Waals surface area (Å²) in [5.41, 5.74) is 3.07. The Morgan fingerprint density at radius 1 is 1.13 bits per heavy atom. The summed E-state index contributed by atoms with van der Waals surface area (Å²) >= 11 is 1.12. The van der Waals surface area contributed by atoms with Crippen molar-refractivity contribution in [2.24, 2.45) is 0 Å². The fourth-order valence-corrected chi connectivity index (χ4v) is 3.22. The number of thioether (sulfide) groups is 1. The van der Waals surface area contributed by atoms with Gasteiger partial charge in [0.2, 0.25) is 5.91 Å². The largest absolute Gasteiger partial charge is 0.484 e. The number of nitrogens with one attached hydrogen (secondary N) is 1. The van der Waals surface area contributed by atoms with Gasteiger partial charge in [0.1, 0.15) is 5.75 Å². The fourth-order valence-electron chi connectivity index (χ4n) is 2.64. The number of anilines is 1. The first-order valence-corrected chi connectivity index (χ1v) is 10.7. The molecule has 0 unspecified atom stereocenters. The maximum absolute atomic E-state index is 12.2. The number of ether oxygens (including phenoxy) is 2. The van der Waals surface area contributed by atoms with E-state index in [1.807, 2.05) is 32.0 Å². The highest BCUT2D eigenvalue weighted by atomic mass is 32.2. The molecule has 0 aliphatic heterocycles. The molecule has 2 aromatic carbocycles. The van der Waals surface area contributed by atoms with Crippen LogP contribution in [0.3, 0.4) is 0 Å². The molecule has 31 heavy (non-hydrogen) atoms. The number of benzene rings is 2. The summed E-state index contributed by atoms with van der Waals surface area (Å²) in [4.78, 5) is 24.0. The zero-order chi connectivity index (χ0) is 22.2. The van der Waals surface area contributed by atoms with Gasteiger partial charge in [0, 0.05) is 5.69 Å². The molecule has 0 spiro atoms. The van der Waals surface area contributed by atoms with Gasteiger partial charge in [-0.05, 0) is 56.2 Å². The van der Waals surface area contributed by atoms with Crippen LogP contribution in [0, 0.1) is 13.8 Å². The van der Waals surface area contributed by atoms with Gasteiger partial charge >= 0.3 is 5.97 Å². The van der Waals surface area contributed by atoms with E-state index in [2.05, 4.69) is 15.5 Å². The molecule has 0 aliphatic carbocycles. The van der Waals surface area contributed by atoms with Crippen molar-refractivity contribution in [3.05, 3.63) is 65.0 Å². The van der Waals surface area contributed by atoms with E-state index in [0.29, 0.717) is 17.1 Å². The quantitative estimate of drug-likeness (QED) is 0.390. The van der Waals surface area contributed by atoms with Crippen LogP contribution in [-0.2, 0) is 16.1 Å². The van der Waals surface area contributed by atoms with Crippen molar-refractivity contribution in [2.75, 3.05) is 17.7 Å². The highest BCUT2D eigenvalue weighted by Gasteiger charge is 2.12. The van der Waals surface area contributed by atoms with E-state index in [1.165, 1.54) is 0 Å². The van der Waals surface area contributed by atoms with E-state index in [4.69, 9.17) is 13.9 Å². The summed E-state index contributed by atoms with van der Waals surface area (Å²) in [6.45, 7) is 6.17. The van der Waals surface area contributed by atoms with Crippen LogP contribution in [0.15, 0.2) is 52.1 Å². The number of carbonyl (C=O) groups is 2. The van der Waals surface area contributed by atoms with Crippen molar-refractivity contribution in [3.63, 3.8) is 0 Å². The Balaban J connectivity index is 1.49. The van der Waals surface area contributed by atoms with Crippen molar-refractivity contribution in [3.8, 4) is 5.75 Å². The van der Waals surface area contributed by atoms with Gasteiger partial charge in [-0.15, -0.1) is 10.2 Å².